The number of rotatable bonds is 46. The summed E-state index contributed by atoms with van der Waals surface area (Å²) in [6, 6.07) is 0. The molecule has 0 radical (unpaired) electrons. The molecule has 0 fully saturated rings. The van der Waals surface area contributed by atoms with Gasteiger partial charge in [0, 0.05) is 19.4 Å². The lowest BCUT2D eigenvalue weighted by Crippen LogP contribution is -2.30. The van der Waals surface area contributed by atoms with E-state index in [1.54, 1.807) is 0 Å². The van der Waals surface area contributed by atoms with E-state index in [1.807, 2.05) is 0 Å². The van der Waals surface area contributed by atoms with Crippen LogP contribution in [-0.4, -0.2) is 37.9 Å². The summed E-state index contributed by atoms with van der Waals surface area (Å²) >= 11 is 0. The molecule has 60 heavy (non-hydrogen) atoms. The number of ether oxygens (including phenoxy) is 3. The second kappa shape index (κ2) is 50.7. The molecular formula is C55H96O5. The summed E-state index contributed by atoms with van der Waals surface area (Å²) in [4.78, 5) is 25.4. The van der Waals surface area contributed by atoms with Crippen molar-refractivity contribution in [2.45, 2.75) is 245 Å². The summed E-state index contributed by atoms with van der Waals surface area (Å²) in [5.41, 5.74) is 0. The van der Waals surface area contributed by atoms with Gasteiger partial charge in [0.05, 0.1) is 6.61 Å². The lowest BCUT2D eigenvalue weighted by Gasteiger charge is -2.18. The van der Waals surface area contributed by atoms with Gasteiger partial charge in [-0.15, -0.1) is 0 Å². The molecular weight excluding hydrogens is 741 g/mol. The van der Waals surface area contributed by atoms with E-state index in [9.17, 15) is 9.59 Å². The first kappa shape index (κ1) is 57.3. The summed E-state index contributed by atoms with van der Waals surface area (Å²) < 4.78 is 17.4. The molecule has 0 aromatic carbocycles. The second-order valence-corrected chi connectivity index (χ2v) is 16.7. The monoisotopic (exact) mass is 837 g/mol. The van der Waals surface area contributed by atoms with Gasteiger partial charge in [0.1, 0.15) is 6.61 Å². The van der Waals surface area contributed by atoms with Gasteiger partial charge in [-0.3, -0.25) is 9.59 Å². The molecule has 0 rings (SSSR count). The summed E-state index contributed by atoms with van der Waals surface area (Å²) in [6.07, 6.45) is 64.7. The van der Waals surface area contributed by atoms with Crippen molar-refractivity contribution in [2.24, 2.45) is 0 Å². The minimum Gasteiger partial charge on any atom is -0.462 e. The number of esters is 2. The summed E-state index contributed by atoms with van der Waals surface area (Å²) in [6.45, 7) is 7.63. The van der Waals surface area contributed by atoms with Crippen LogP contribution in [0.1, 0.15) is 239 Å². The Labute approximate surface area is 372 Å². The number of carbonyl (C=O) groups excluding carboxylic acids is 2. The van der Waals surface area contributed by atoms with Gasteiger partial charge in [-0.1, -0.05) is 196 Å². The van der Waals surface area contributed by atoms with Crippen molar-refractivity contribution in [2.75, 3.05) is 19.8 Å². The van der Waals surface area contributed by atoms with Crippen molar-refractivity contribution in [1.29, 1.82) is 0 Å². The normalized spacial score (nSPS) is 12.8. The third kappa shape index (κ3) is 48.0. The molecule has 0 amide bonds. The fourth-order valence-corrected chi connectivity index (χ4v) is 6.89. The average Bonchev–Trinajstić information content (AvgIpc) is 3.25. The maximum atomic E-state index is 12.8. The molecule has 1 atom stereocenters. The maximum Gasteiger partial charge on any atom is 0.306 e. The van der Waals surface area contributed by atoms with E-state index in [0.717, 1.165) is 83.5 Å². The summed E-state index contributed by atoms with van der Waals surface area (Å²) in [5, 5.41) is 0. The van der Waals surface area contributed by atoms with Crippen LogP contribution in [0.3, 0.4) is 0 Å². The van der Waals surface area contributed by atoms with Crippen LogP contribution < -0.4 is 0 Å². The van der Waals surface area contributed by atoms with Gasteiger partial charge in [-0.25, -0.2) is 0 Å². The molecule has 0 N–H and O–H groups in total. The zero-order valence-corrected chi connectivity index (χ0v) is 39.7. The molecule has 0 aliphatic heterocycles. The fraction of sp³-hybridized carbons (Fsp3) is 0.745. The largest absolute Gasteiger partial charge is 0.462 e. The quantitative estimate of drug-likeness (QED) is 0.0347. The molecule has 0 heterocycles. The molecule has 0 aliphatic rings. The van der Waals surface area contributed by atoms with Crippen molar-refractivity contribution >= 4 is 11.9 Å². The van der Waals surface area contributed by atoms with Crippen LogP contribution >= 0.6 is 0 Å². The fourth-order valence-electron chi connectivity index (χ4n) is 6.89. The van der Waals surface area contributed by atoms with Crippen LogP contribution in [0.2, 0.25) is 0 Å². The molecule has 5 nitrogen and oxygen atoms in total. The van der Waals surface area contributed by atoms with Gasteiger partial charge in [0.2, 0.25) is 0 Å². The highest BCUT2D eigenvalue weighted by Gasteiger charge is 2.17. The Hall–Kier alpha value is -2.66. The van der Waals surface area contributed by atoms with Crippen molar-refractivity contribution in [1.82, 2.24) is 0 Å². The van der Waals surface area contributed by atoms with E-state index in [-0.39, 0.29) is 25.2 Å². The van der Waals surface area contributed by atoms with Gasteiger partial charge in [0.15, 0.2) is 6.10 Å². The predicted molar refractivity (Wildman–Crippen MR) is 260 cm³/mol. The zero-order chi connectivity index (χ0) is 43.5. The van der Waals surface area contributed by atoms with Crippen LogP contribution in [0, 0.1) is 0 Å². The number of allylic oxidation sites excluding steroid dienone is 12. The summed E-state index contributed by atoms with van der Waals surface area (Å²) in [7, 11) is 0. The first-order chi connectivity index (χ1) is 29.6. The van der Waals surface area contributed by atoms with Gasteiger partial charge in [-0.2, -0.15) is 0 Å². The molecule has 1 unspecified atom stereocenters. The Kier molecular flexibility index (Phi) is 48.4. The number of hydrogen-bond acceptors (Lipinski definition) is 5. The smallest absolute Gasteiger partial charge is 0.306 e. The van der Waals surface area contributed by atoms with Crippen LogP contribution in [0.4, 0.5) is 0 Å². The van der Waals surface area contributed by atoms with Gasteiger partial charge in [0.25, 0.3) is 0 Å². The van der Waals surface area contributed by atoms with Crippen molar-refractivity contribution < 1.29 is 23.8 Å². The standard InChI is InChI=1S/C55H96O5/c1-4-7-10-13-16-19-22-25-27-28-30-31-33-36-39-42-45-48-54(56)59-52-53(51-58-50-47-44-41-38-35-24-21-18-15-12-9-6-3)60-55(57)49-46-43-40-37-34-32-29-26-23-20-17-14-11-8-5-2/h8,11,15-20,25-27,29,53H,4-7,9-10,12-14,21-24,28,30-52H2,1-3H3/b11-8-,18-15-,19-16-,20-17-,27-25-,29-26-. The highest BCUT2D eigenvalue weighted by atomic mass is 16.6. The van der Waals surface area contributed by atoms with Gasteiger partial charge < -0.3 is 14.2 Å². The van der Waals surface area contributed by atoms with E-state index >= 15 is 0 Å². The van der Waals surface area contributed by atoms with Crippen molar-refractivity contribution in [3.05, 3.63) is 72.9 Å². The lowest BCUT2D eigenvalue weighted by molar-refractivity contribution is -0.163. The highest BCUT2D eigenvalue weighted by molar-refractivity contribution is 5.70. The first-order valence-corrected chi connectivity index (χ1v) is 25.5. The van der Waals surface area contributed by atoms with E-state index in [4.69, 9.17) is 14.2 Å². The third-order valence-corrected chi connectivity index (χ3v) is 10.7. The highest BCUT2D eigenvalue weighted by Crippen LogP contribution is 2.13. The van der Waals surface area contributed by atoms with E-state index in [1.165, 1.54) is 122 Å². The zero-order valence-electron chi connectivity index (χ0n) is 39.7. The maximum absolute atomic E-state index is 12.8. The predicted octanol–water partition coefficient (Wildman–Crippen LogP) is 17.1. The Balaban J connectivity index is 4.30. The number of hydrogen-bond donors (Lipinski definition) is 0. The first-order valence-electron chi connectivity index (χ1n) is 25.5. The van der Waals surface area contributed by atoms with Gasteiger partial charge in [-0.05, 0) is 103 Å². The van der Waals surface area contributed by atoms with Gasteiger partial charge >= 0.3 is 11.9 Å². The Morgan fingerprint density at radius 2 is 0.767 bits per heavy atom. The minimum atomic E-state index is -0.553. The lowest BCUT2D eigenvalue weighted by atomic mass is 10.1. The molecule has 0 aromatic rings. The molecule has 346 valence electrons. The second-order valence-electron chi connectivity index (χ2n) is 16.7. The topological polar surface area (TPSA) is 61.8 Å². The molecule has 0 aliphatic carbocycles. The third-order valence-electron chi connectivity index (χ3n) is 10.7. The van der Waals surface area contributed by atoms with E-state index in [2.05, 4.69) is 93.7 Å². The van der Waals surface area contributed by atoms with Crippen LogP contribution in [0.5, 0.6) is 0 Å². The summed E-state index contributed by atoms with van der Waals surface area (Å²) in [5.74, 6) is -0.427. The molecule has 0 aromatic heterocycles. The minimum absolute atomic E-state index is 0.0698. The number of unbranched alkanes of at least 4 members (excludes halogenated alkanes) is 23. The van der Waals surface area contributed by atoms with Crippen LogP contribution in [0.15, 0.2) is 72.9 Å². The number of carbonyl (C=O) groups is 2. The SMILES string of the molecule is CC/C=C\C/C=C\C/C=C\CCCCCCCC(=O)OC(COCCCCCCCC/C=C\CCCC)COC(=O)CCCCCCCCC/C=C\C/C=C\CCCCC. The Morgan fingerprint density at radius 3 is 1.27 bits per heavy atom. The van der Waals surface area contributed by atoms with Crippen LogP contribution in [-0.2, 0) is 23.8 Å². The van der Waals surface area contributed by atoms with E-state index in [0.29, 0.717) is 19.4 Å². The molecule has 0 bridgehead atoms. The molecule has 0 saturated heterocycles. The van der Waals surface area contributed by atoms with Crippen LogP contribution in [0.25, 0.3) is 0 Å². The Bertz CT molecular complexity index is 1080. The molecule has 5 heteroatoms. The van der Waals surface area contributed by atoms with Crippen molar-refractivity contribution in [3.63, 3.8) is 0 Å². The molecule has 0 spiro atoms. The molecule has 0 saturated carbocycles. The Morgan fingerprint density at radius 1 is 0.383 bits per heavy atom. The average molecular weight is 837 g/mol. The van der Waals surface area contributed by atoms with Crippen molar-refractivity contribution in [3.8, 4) is 0 Å². The van der Waals surface area contributed by atoms with E-state index < -0.39 is 6.10 Å².